The Kier molecular flexibility index (Phi) is 3.28. The summed E-state index contributed by atoms with van der Waals surface area (Å²) in [5.41, 5.74) is -0.377. The smallest absolute Gasteiger partial charge is 0.408 e. The highest BCUT2D eigenvalue weighted by atomic mass is 16.5. The first-order valence-corrected chi connectivity index (χ1v) is 5.41. The van der Waals surface area contributed by atoms with Gasteiger partial charge < -0.3 is 9.84 Å². The van der Waals surface area contributed by atoms with Gasteiger partial charge in [0.25, 0.3) is 0 Å². The lowest BCUT2D eigenvalue weighted by molar-refractivity contribution is 0.0186. The van der Waals surface area contributed by atoms with Gasteiger partial charge in [-0.2, -0.15) is 0 Å². The summed E-state index contributed by atoms with van der Waals surface area (Å²) in [5, 5.41) is 9.24. The van der Waals surface area contributed by atoms with Crippen LogP contribution in [0.1, 0.15) is 41.0 Å². The molecule has 1 aliphatic heterocycles. The number of carboxylic acid groups (broad SMARTS) is 1. The van der Waals surface area contributed by atoms with E-state index in [1.54, 1.807) is 0 Å². The second-order valence-corrected chi connectivity index (χ2v) is 5.28. The van der Waals surface area contributed by atoms with Crippen molar-refractivity contribution in [2.75, 3.05) is 0 Å². The molecule has 0 saturated carbocycles. The predicted octanol–water partition coefficient (Wildman–Crippen LogP) is 2.33. The lowest BCUT2D eigenvalue weighted by Gasteiger charge is -2.39. The molecule has 1 fully saturated rings. The number of hydrogen-bond donors (Lipinski definition) is 1. The Bertz CT molecular complexity index is 247. The van der Waals surface area contributed by atoms with Crippen molar-refractivity contribution in [3.8, 4) is 0 Å². The third-order valence-corrected chi connectivity index (χ3v) is 2.82. The highest BCUT2D eigenvalue weighted by molar-refractivity contribution is 5.66. The van der Waals surface area contributed by atoms with Gasteiger partial charge in [0.05, 0.1) is 18.2 Å². The molecule has 4 nitrogen and oxygen atoms in total. The Morgan fingerprint density at radius 1 is 1.40 bits per heavy atom. The second kappa shape index (κ2) is 4.00. The van der Waals surface area contributed by atoms with Gasteiger partial charge >= 0.3 is 6.09 Å². The van der Waals surface area contributed by atoms with Crippen LogP contribution in [0.2, 0.25) is 0 Å². The summed E-state index contributed by atoms with van der Waals surface area (Å²) < 4.78 is 5.60. The van der Waals surface area contributed by atoms with Gasteiger partial charge in [0.2, 0.25) is 0 Å². The fourth-order valence-corrected chi connectivity index (χ4v) is 2.29. The van der Waals surface area contributed by atoms with E-state index in [0.29, 0.717) is 0 Å². The molecule has 0 aromatic carbocycles. The Balaban J connectivity index is 2.86. The molecule has 1 rings (SSSR count). The van der Waals surface area contributed by atoms with Crippen LogP contribution in [0, 0.1) is 0 Å². The van der Waals surface area contributed by atoms with Crippen LogP contribution in [0.3, 0.4) is 0 Å². The number of ether oxygens (including phenoxy) is 1. The van der Waals surface area contributed by atoms with E-state index in [0.717, 1.165) is 6.42 Å². The molecule has 1 saturated heterocycles. The summed E-state index contributed by atoms with van der Waals surface area (Å²) in [6.45, 7) is 9.67. The van der Waals surface area contributed by atoms with Crippen molar-refractivity contribution in [3.63, 3.8) is 0 Å². The van der Waals surface area contributed by atoms with Gasteiger partial charge in [0, 0.05) is 5.54 Å². The lowest BCUT2D eigenvalue weighted by Crippen LogP contribution is -2.53. The molecule has 1 aliphatic rings. The first-order valence-electron chi connectivity index (χ1n) is 5.41. The van der Waals surface area contributed by atoms with Gasteiger partial charge in [-0.25, -0.2) is 4.79 Å². The van der Waals surface area contributed by atoms with Gasteiger partial charge in [0.15, 0.2) is 0 Å². The molecule has 3 unspecified atom stereocenters. The van der Waals surface area contributed by atoms with Crippen molar-refractivity contribution in [2.45, 2.75) is 64.8 Å². The van der Waals surface area contributed by atoms with Crippen LogP contribution < -0.4 is 0 Å². The van der Waals surface area contributed by atoms with E-state index < -0.39 is 6.09 Å². The molecule has 0 bridgehead atoms. The van der Waals surface area contributed by atoms with E-state index in [2.05, 4.69) is 0 Å². The highest BCUT2D eigenvalue weighted by Crippen LogP contribution is 2.29. The van der Waals surface area contributed by atoms with Gasteiger partial charge in [-0.3, -0.25) is 4.90 Å². The second-order valence-electron chi connectivity index (χ2n) is 5.28. The molecule has 3 atom stereocenters. The topological polar surface area (TPSA) is 49.8 Å². The SMILES string of the molecule is CC1CC(N(C(=O)O)C(C)(C)C)C(C)O1. The molecular weight excluding hydrogens is 194 g/mol. The van der Waals surface area contributed by atoms with Crippen LogP contribution in [0.15, 0.2) is 0 Å². The average molecular weight is 215 g/mol. The van der Waals surface area contributed by atoms with Crippen LogP contribution in [0.4, 0.5) is 4.79 Å². The van der Waals surface area contributed by atoms with Crippen LogP contribution >= 0.6 is 0 Å². The molecular formula is C11H21NO3. The zero-order valence-corrected chi connectivity index (χ0v) is 10.2. The Morgan fingerprint density at radius 3 is 2.20 bits per heavy atom. The van der Waals surface area contributed by atoms with E-state index >= 15 is 0 Å². The number of amides is 1. The molecule has 88 valence electrons. The average Bonchev–Trinajstić information content (AvgIpc) is 2.26. The maximum absolute atomic E-state index is 11.3. The van der Waals surface area contributed by atoms with Crippen molar-refractivity contribution in [2.24, 2.45) is 0 Å². The maximum Gasteiger partial charge on any atom is 0.408 e. The minimum atomic E-state index is -0.864. The third kappa shape index (κ3) is 2.62. The highest BCUT2D eigenvalue weighted by Gasteiger charge is 2.41. The van der Waals surface area contributed by atoms with E-state index in [1.807, 2.05) is 34.6 Å². The summed E-state index contributed by atoms with van der Waals surface area (Å²) in [4.78, 5) is 12.8. The summed E-state index contributed by atoms with van der Waals surface area (Å²) >= 11 is 0. The number of hydrogen-bond acceptors (Lipinski definition) is 2. The number of carbonyl (C=O) groups is 1. The minimum absolute atomic E-state index is 0.0182. The zero-order chi connectivity index (χ0) is 11.8. The largest absolute Gasteiger partial charge is 0.465 e. The first kappa shape index (κ1) is 12.3. The Hall–Kier alpha value is -0.770. The lowest BCUT2D eigenvalue weighted by atomic mass is 9.99. The van der Waals surface area contributed by atoms with E-state index in [-0.39, 0.29) is 23.8 Å². The predicted molar refractivity (Wildman–Crippen MR) is 58.0 cm³/mol. The molecule has 1 amide bonds. The molecule has 1 heterocycles. The van der Waals surface area contributed by atoms with Crippen LogP contribution in [0.5, 0.6) is 0 Å². The van der Waals surface area contributed by atoms with E-state index in [4.69, 9.17) is 4.74 Å². The molecule has 0 aromatic rings. The monoisotopic (exact) mass is 215 g/mol. The summed E-state index contributed by atoms with van der Waals surface area (Å²) in [6.07, 6.45) is 0.0478. The number of nitrogens with zero attached hydrogens (tertiary/aromatic N) is 1. The molecule has 1 N–H and O–H groups in total. The van der Waals surface area contributed by atoms with E-state index in [9.17, 15) is 9.90 Å². The molecule has 15 heavy (non-hydrogen) atoms. The number of rotatable bonds is 1. The van der Waals surface area contributed by atoms with Crippen molar-refractivity contribution < 1.29 is 14.6 Å². The van der Waals surface area contributed by atoms with Crippen LogP contribution in [-0.4, -0.2) is 39.9 Å². The third-order valence-electron chi connectivity index (χ3n) is 2.82. The van der Waals surface area contributed by atoms with Gasteiger partial charge in [-0.1, -0.05) is 0 Å². The summed E-state index contributed by atoms with van der Waals surface area (Å²) in [6, 6.07) is -0.0301. The van der Waals surface area contributed by atoms with Crippen molar-refractivity contribution in [1.29, 1.82) is 0 Å². The van der Waals surface area contributed by atoms with Gasteiger partial charge in [0.1, 0.15) is 0 Å². The zero-order valence-electron chi connectivity index (χ0n) is 10.2. The summed E-state index contributed by atoms with van der Waals surface area (Å²) in [7, 11) is 0. The van der Waals surface area contributed by atoms with Crippen molar-refractivity contribution in [3.05, 3.63) is 0 Å². The maximum atomic E-state index is 11.3. The Labute approximate surface area is 91.2 Å². The van der Waals surface area contributed by atoms with Crippen molar-refractivity contribution in [1.82, 2.24) is 4.90 Å². The standard InChI is InChI=1S/C11H21NO3/c1-7-6-9(8(2)15-7)12(10(13)14)11(3,4)5/h7-9H,6H2,1-5H3,(H,13,14). The molecule has 4 heteroatoms. The van der Waals surface area contributed by atoms with Gasteiger partial charge in [-0.05, 0) is 41.0 Å². The molecule has 0 spiro atoms. The minimum Gasteiger partial charge on any atom is -0.465 e. The Morgan fingerprint density at radius 2 is 1.93 bits per heavy atom. The fourth-order valence-electron chi connectivity index (χ4n) is 2.29. The normalized spacial score (nSPS) is 31.7. The van der Waals surface area contributed by atoms with Gasteiger partial charge in [-0.15, -0.1) is 0 Å². The first-order chi connectivity index (χ1) is 6.73. The quantitative estimate of drug-likeness (QED) is 0.730. The van der Waals surface area contributed by atoms with Crippen LogP contribution in [-0.2, 0) is 4.74 Å². The molecule has 0 aliphatic carbocycles. The van der Waals surface area contributed by atoms with Crippen LogP contribution in [0.25, 0.3) is 0 Å². The van der Waals surface area contributed by atoms with E-state index in [1.165, 1.54) is 4.90 Å². The fraction of sp³-hybridized carbons (Fsp3) is 0.909. The molecule has 0 aromatic heterocycles. The summed E-state index contributed by atoms with van der Waals surface area (Å²) in [5.74, 6) is 0. The van der Waals surface area contributed by atoms with Crippen molar-refractivity contribution >= 4 is 6.09 Å². The molecule has 0 radical (unpaired) electrons.